The summed E-state index contributed by atoms with van der Waals surface area (Å²) in [6.07, 6.45) is 10.3. The molecule has 0 unspecified atom stereocenters. The number of aryl methyl sites for hydroxylation is 4. The molecule has 44 nitrogen and oxygen atoms in total. The molecule has 2 saturated heterocycles. The SMILES string of the molecule is CCOC(C)=O.Cc1cc2c([O-])c(c1)C=[NH+]CCN1CC[NH2+][C@@H]1c1cc(C)cc(c1[O-])C=NCCNCCN=C2.Cc1cc2c([O-])c(c1)C=[NH+]CCN1CC[NH2+][C@H]1c1cc(C)cc(c1[O-])C=NCCNCCN=C2.O.O.O=[N+]([O-])[O-].O=[N+]([O-])[O-].O=[N+]([O-])[O-].O=[N+]([O-])[O-].O=[N+]([O-])[O-].O=[N+]([O-])[O-].[Lu+3].[Lu+3]. The molecule has 4 aliphatic heterocycles. The predicted molar refractivity (Wildman–Crippen MR) is 354 cm³/mol. The normalized spacial score (nSPS) is 15.3. The van der Waals surface area contributed by atoms with E-state index in [1.165, 1.54) is 6.92 Å². The van der Waals surface area contributed by atoms with E-state index in [9.17, 15) is 25.2 Å². The minimum absolute atomic E-state index is 0. The second kappa shape index (κ2) is 58.5. The van der Waals surface area contributed by atoms with Crippen molar-refractivity contribution < 1.29 is 166 Å². The van der Waals surface area contributed by atoms with Crippen molar-refractivity contribution in [1.82, 2.24) is 20.4 Å². The molecule has 4 aromatic carbocycles. The maximum atomic E-state index is 13.2. The number of fused-ring (bicyclic) bond motifs is 12. The first-order valence-corrected chi connectivity index (χ1v) is 29.2. The first-order chi connectivity index (χ1) is 46.2. The van der Waals surface area contributed by atoms with Gasteiger partial charge in [0.25, 0.3) is 0 Å². The van der Waals surface area contributed by atoms with Gasteiger partial charge in [-0.15, -0.1) is 0 Å². The molecule has 8 bridgehead atoms. The molecule has 46 heteroatoms. The quantitative estimate of drug-likeness (QED) is 0.0586. The van der Waals surface area contributed by atoms with E-state index in [2.05, 4.69) is 65.8 Å². The Labute approximate surface area is 640 Å². The van der Waals surface area contributed by atoms with Crippen LogP contribution in [0.1, 0.15) is 92.9 Å². The summed E-state index contributed by atoms with van der Waals surface area (Å²) >= 11 is 0. The average Bonchev–Trinajstić information content (AvgIpc) is 1.66. The zero-order valence-corrected chi connectivity index (χ0v) is 58.9. The molecule has 102 heavy (non-hydrogen) atoms. The molecule has 4 heterocycles. The summed E-state index contributed by atoms with van der Waals surface area (Å²) in [6, 6.07) is 15.4. The average molecular weight is 1770 g/mol. The second-order valence-electron chi connectivity index (χ2n) is 20.2. The van der Waals surface area contributed by atoms with Crippen molar-refractivity contribution in [2.45, 2.75) is 53.9 Å². The fourth-order valence-electron chi connectivity index (χ4n) is 9.34. The molecule has 0 aliphatic carbocycles. The molecule has 0 saturated carbocycles. The van der Waals surface area contributed by atoms with Crippen LogP contribution in [-0.2, 0) is 9.53 Å². The maximum absolute atomic E-state index is 13.2. The first kappa shape index (κ1) is 102. The van der Waals surface area contributed by atoms with Gasteiger partial charge in [-0.2, -0.15) is 0 Å². The first-order valence-electron chi connectivity index (χ1n) is 29.2. The molecule has 4 aromatic rings. The standard InChI is InChI=1S/2C26H34N6O2.C4H8O2.2Lu.6NO3.2H2O/c2*1-18-11-20-15-28-5-3-27-4-6-29-17-22-13-19(2)14-23(25(22)34)26-31-8-10-32(26)9-7-30-16-21(12-18)24(20)33;1-3-6-4(2)5;;;6*2-1(3)4;;/h2*11-17,26-27,31,33-34H,3-10H2,1-2H3;3H2,1-2H3;;;;;;;;;2*1H2/q;;;2*+3;6*-1;;/t2*26-;;;;;;;;;;;/m10.........../s1. The van der Waals surface area contributed by atoms with Gasteiger partial charge in [-0.05, 0) is 103 Å². The molecule has 0 radical (unpaired) electrons. The third-order valence-corrected chi connectivity index (χ3v) is 12.7. The summed E-state index contributed by atoms with van der Waals surface area (Å²) in [5.41, 5.74) is 9.59. The van der Waals surface area contributed by atoms with Crippen LogP contribution in [0.2, 0.25) is 0 Å². The minimum atomic E-state index is -1.75. The van der Waals surface area contributed by atoms with Crippen molar-refractivity contribution in [3.05, 3.63) is 207 Å². The number of nitrogens with two attached hydrogens (primary N) is 2. The van der Waals surface area contributed by atoms with Crippen LogP contribution in [0.5, 0.6) is 23.0 Å². The third-order valence-electron chi connectivity index (χ3n) is 12.7. The number of carbonyl (C=O) groups excluding carboxylic acids is 1. The van der Waals surface area contributed by atoms with Crippen LogP contribution < -0.4 is 51.7 Å². The smallest absolute Gasteiger partial charge is 0.872 e. The summed E-state index contributed by atoms with van der Waals surface area (Å²) in [5.74, 6) is -0.147. The van der Waals surface area contributed by atoms with Gasteiger partial charge in [0, 0.05) is 80.2 Å². The van der Waals surface area contributed by atoms with Crippen molar-refractivity contribution in [3.8, 4) is 23.0 Å². The van der Waals surface area contributed by atoms with Crippen LogP contribution in [0.4, 0.5) is 0 Å². The van der Waals surface area contributed by atoms with E-state index in [1.54, 1.807) is 44.2 Å². The molecule has 0 spiro atoms. The maximum Gasteiger partial charge on any atom is 3.00 e. The van der Waals surface area contributed by atoms with E-state index in [0.29, 0.717) is 105 Å². The van der Waals surface area contributed by atoms with Crippen LogP contribution in [0.15, 0.2) is 68.5 Å². The van der Waals surface area contributed by atoms with Gasteiger partial charge in [0.2, 0.25) is 0 Å². The van der Waals surface area contributed by atoms with Crippen LogP contribution in [-0.4, -0.2) is 206 Å². The number of hydrogen-bond donors (Lipinski definition) is 6. The summed E-state index contributed by atoms with van der Waals surface area (Å²) in [6.45, 7) is 23.4. The zero-order chi connectivity index (χ0) is 74.3. The fraction of sp³-hybridized carbons (Fsp3) is 0.446. The Balaban J connectivity index is -0.000000428. The van der Waals surface area contributed by atoms with Gasteiger partial charge >= 0.3 is 79.7 Å². The van der Waals surface area contributed by atoms with E-state index in [1.807, 2.05) is 76.2 Å². The Morgan fingerprint density at radius 2 is 0.706 bits per heavy atom. The number of carbonyl (C=O) groups is 1. The van der Waals surface area contributed by atoms with Crippen molar-refractivity contribution in [3.63, 3.8) is 0 Å². The third kappa shape index (κ3) is 47.9. The van der Waals surface area contributed by atoms with E-state index in [4.69, 9.17) is 91.9 Å². The number of quaternary nitrogens is 2. The number of esters is 1. The number of rotatable bonds is 1. The summed E-state index contributed by atoms with van der Waals surface area (Å²) in [7, 11) is 0. The number of nitrogens with one attached hydrogen (secondary N) is 4. The van der Waals surface area contributed by atoms with Crippen LogP contribution in [0.3, 0.4) is 0 Å². The molecule has 0 amide bonds. The number of ether oxygens (including phenoxy) is 1. The monoisotopic (exact) mass is 1770 g/mol. The van der Waals surface area contributed by atoms with E-state index in [0.717, 1.165) is 72.6 Å². The van der Waals surface area contributed by atoms with Gasteiger partial charge in [0.1, 0.15) is 0 Å². The van der Waals surface area contributed by atoms with Crippen LogP contribution in [0.25, 0.3) is 0 Å². The van der Waals surface area contributed by atoms with Crippen molar-refractivity contribution in [1.29, 1.82) is 0 Å². The van der Waals surface area contributed by atoms with Crippen molar-refractivity contribution >= 4 is 43.3 Å². The van der Waals surface area contributed by atoms with E-state index in [-0.39, 0.29) is 126 Å². The van der Waals surface area contributed by atoms with E-state index >= 15 is 0 Å². The molecular weight excluding hydrogens is 1690 g/mol. The number of benzene rings is 4. The Hall–Kier alpha value is -9.08. The molecule has 4 aliphatic rings. The van der Waals surface area contributed by atoms with Gasteiger partial charge in [-0.3, -0.25) is 24.8 Å². The number of hydrogen-bond acceptors (Lipinski definition) is 32. The number of aliphatic imine (C=N–C) groups is 4. The zero-order valence-electron chi connectivity index (χ0n) is 55.6. The van der Waals surface area contributed by atoms with Crippen molar-refractivity contribution in [2.75, 3.05) is 111 Å². The van der Waals surface area contributed by atoms with Gasteiger partial charge in [0.15, 0.2) is 37.9 Å². The predicted octanol–water partition coefficient (Wildman–Crippen LogP) is -6.58. The molecule has 8 rings (SSSR count). The Bertz CT molecular complexity index is 3100. The van der Waals surface area contributed by atoms with Gasteiger partial charge in [0.05, 0.1) is 103 Å². The van der Waals surface area contributed by atoms with Gasteiger partial charge in [-0.1, -0.05) is 47.3 Å². The molecule has 0 aromatic heterocycles. The molecule has 2 atom stereocenters. The van der Waals surface area contributed by atoms with Gasteiger partial charge in [-0.25, -0.2) is 19.8 Å². The van der Waals surface area contributed by atoms with E-state index < -0.39 is 30.5 Å². The summed E-state index contributed by atoms with van der Waals surface area (Å²) in [4.78, 5) is 88.3. The Morgan fingerprint density at radius 3 is 0.951 bits per heavy atom. The molecule has 580 valence electrons. The summed E-state index contributed by atoms with van der Waals surface area (Å²) in [5, 5.41) is 152. The summed E-state index contributed by atoms with van der Waals surface area (Å²) < 4.78 is 4.40. The molecule has 2 fully saturated rings. The topological polar surface area (TPSA) is 720 Å². The molecule has 12 N–H and O–H groups in total. The van der Waals surface area contributed by atoms with Crippen molar-refractivity contribution in [2.24, 2.45) is 20.0 Å². The Kier molecular flexibility index (Phi) is 58.3. The van der Waals surface area contributed by atoms with Crippen LogP contribution in [0, 0.1) is 193 Å². The second-order valence-corrected chi connectivity index (χ2v) is 20.2. The minimum Gasteiger partial charge on any atom is -0.872 e. The Morgan fingerprint density at radius 1 is 0.461 bits per heavy atom. The number of nitrogens with zero attached hydrogens (tertiary/aromatic N) is 12. The van der Waals surface area contributed by atoms with Gasteiger partial charge < -0.3 is 149 Å². The molecular formula is C56H80Lu2N18O26. The largest absolute Gasteiger partial charge is 3.00 e. The van der Waals surface area contributed by atoms with Crippen LogP contribution >= 0.6 is 0 Å². The fourth-order valence-corrected chi connectivity index (χ4v) is 9.34.